The lowest BCUT2D eigenvalue weighted by Crippen LogP contribution is -2.32. The van der Waals surface area contributed by atoms with Gasteiger partial charge < -0.3 is 9.32 Å². The first-order valence-electron chi connectivity index (χ1n) is 10.0. The van der Waals surface area contributed by atoms with Gasteiger partial charge in [0.2, 0.25) is 5.91 Å². The van der Waals surface area contributed by atoms with E-state index in [9.17, 15) is 4.79 Å². The summed E-state index contributed by atoms with van der Waals surface area (Å²) in [6.07, 6.45) is 5.11. The van der Waals surface area contributed by atoms with Crippen molar-refractivity contribution in [2.24, 2.45) is 0 Å². The van der Waals surface area contributed by atoms with E-state index in [1.807, 2.05) is 66.9 Å². The Hall–Kier alpha value is -3.39. The first kappa shape index (κ1) is 20.9. The van der Waals surface area contributed by atoms with Crippen LogP contribution in [0, 0.1) is 6.92 Å². The van der Waals surface area contributed by atoms with Crippen molar-refractivity contribution in [3.63, 3.8) is 0 Å². The fourth-order valence-corrected chi connectivity index (χ4v) is 4.17. The van der Waals surface area contributed by atoms with Crippen LogP contribution in [0.5, 0.6) is 0 Å². The number of rotatable bonds is 8. The predicted octanol–water partition coefficient (Wildman–Crippen LogP) is 4.44. The monoisotopic (exact) mass is 433 g/mol. The normalized spacial score (nSPS) is 10.9. The van der Waals surface area contributed by atoms with Crippen molar-refractivity contribution in [3.05, 3.63) is 78.5 Å². The second kappa shape index (κ2) is 9.61. The van der Waals surface area contributed by atoms with Gasteiger partial charge in [-0.15, -0.1) is 10.2 Å². The van der Waals surface area contributed by atoms with Crippen molar-refractivity contribution in [2.75, 3.05) is 17.2 Å². The number of nitrogens with zero attached hydrogens (tertiary/aromatic N) is 5. The summed E-state index contributed by atoms with van der Waals surface area (Å²) in [6, 6.07) is 15.5. The van der Waals surface area contributed by atoms with Crippen LogP contribution in [0.2, 0.25) is 0 Å². The van der Waals surface area contributed by atoms with E-state index in [0.29, 0.717) is 24.1 Å². The van der Waals surface area contributed by atoms with Crippen LogP contribution in [0.25, 0.3) is 11.4 Å². The van der Waals surface area contributed by atoms with Crippen molar-refractivity contribution in [2.45, 2.75) is 25.5 Å². The quantitative estimate of drug-likeness (QED) is 0.383. The van der Waals surface area contributed by atoms with Crippen molar-refractivity contribution >= 4 is 23.4 Å². The minimum atomic E-state index is 0.0253. The molecular weight excluding hydrogens is 410 g/mol. The molecular formula is C23H23N5O2S. The van der Waals surface area contributed by atoms with Crippen molar-refractivity contribution in [3.8, 4) is 11.4 Å². The third-order valence-electron chi connectivity index (χ3n) is 4.88. The van der Waals surface area contributed by atoms with Crippen molar-refractivity contribution in [1.29, 1.82) is 0 Å². The van der Waals surface area contributed by atoms with E-state index in [-0.39, 0.29) is 11.7 Å². The van der Waals surface area contributed by atoms with E-state index < -0.39 is 0 Å². The average molecular weight is 434 g/mol. The fraction of sp³-hybridized carbons (Fsp3) is 0.217. The zero-order valence-corrected chi connectivity index (χ0v) is 18.2. The van der Waals surface area contributed by atoms with Crippen molar-refractivity contribution in [1.82, 2.24) is 19.7 Å². The largest absolute Gasteiger partial charge is 0.467 e. The molecule has 0 radical (unpaired) electrons. The number of aromatic nitrogens is 4. The van der Waals surface area contributed by atoms with E-state index in [2.05, 4.69) is 15.2 Å². The summed E-state index contributed by atoms with van der Waals surface area (Å²) in [5.74, 6) is 1.75. The number of carbonyl (C=O) groups excluding carboxylic acids is 1. The molecule has 0 unspecified atom stereocenters. The molecule has 0 aliphatic heterocycles. The second-order valence-electron chi connectivity index (χ2n) is 6.93. The molecule has 7 nitrogen and oxygen atoms in total. The van der Waals surface area contributed by atoms with Gasteiger partial charge in [-0.3, -0.25) is 14.3 Å². The lowest BCUT2D eigenvalue weighted by Gasteiger charge is -2.22. The van der Waals surface area contributed by atoms with Gasteiger partial charge in [-0.05, 0) is 49.7 Å². The Labute approximate surface area is 185 Å². The number of aryl methyl sites for hydroxylation is 1. The van der Waals surface area contributed by atoms with E-state index in [0.717, 1.165) is 22.6 Å². The first-order chi connectivity index (χ1) is 15.2. The Kier molecular flexibility index (Phi) is 6.47. The molecule has 8 heteroatoms. The molecule has 4 aromatic rings. The Bertz CT molecular complexity index is 1140. The highest BCUT2D eigenvalue weighted by Gasteiger charge is 2.20. The summed E-state index contributed by atoms with van der Waals surface area (Å²) in [4.78, 5) is 19.0. The van der Waals surface area contributed by atoms with Gasteiger partial charge in [0.1, 0.15) is 5.76 Å². The standard InChI is InChI=1S/C23H23N5O2S/c1-3-27(20-11-5-4-8-17(20)2)21(29)16-31-23-26-25-22(18-9-6-12-24-14-18)28(23)15-19-10-7-13-30-19/h4-14H,3,15-16H2,1-2H3. The molecule has 1 aromatic carbocycles. The number of amides is 1. The van der Waals surface area contributed by atoms with Crippen LogP contribution >= 0.6 is 11.8 Å². The highest BCUT2D eigenvalue weighted by Crippen LogP contribution is 2.26. The van der Waals surface area contributed by atoms with Gasteiger partial charge in [-0.25, -0.2) is 0 Å². The minimum Gasteiger partial charge on any atom is -0.467 e. The molecule has 0 aliphatic carbocycles. The van der Waals surface area contributed by atoms with Crippen LogP contribution in [-0.4, -0.2) is 38.0 Å². The molecule has 0 N–H and O–H groups in total. The minimum absolute atomic E-state index is 0.0253. The van der Waals surface area contributed by atoms with Gasteiger partial charge in [-0.1, -0.05) is 30.0 Å². The number of hydrogen-bond donors (Lipinski definition) is 0. The average Bonchev–Trinajstić information content (AvgIpc) is 3.45. The number of thioether (sulfide) groups is 1. The summed E-state index contributed by atoms with van der Waals surface area (Å²) < 4.78 is 7.48. The molecule has 3 aromatic heterocycles. The summed E-state index contributed by atoms with van der Waals surface area (Å²) in [7, 11) is 0. The lowest BCUT2D eigenvalue weighted by molar-refractivity contribution is -0.116. The maximum Gasteiger partial charge on any atom is 0.237 e. The topological polar surface area (TPSA) is 77.1 Å². The Morgan fingerprint density at radius 1 is 1.13 bits per heavy atom. The van der Waals surface area contributed by atoms with Crippen LogP contribution in [0.3, 0.4) is 0 Å². The molecule has 0 atom stereocenters. The van der Waals surface area contributed by atoms with Crippen molar-refractivity contribution < 1.29 is 9.21 Å². The molecule has 0 aliphatic rings. The zero-order valence-electron chi connectivity index (χ0n) is 17.4. The molecule has 31 heavy (non-hydrogen) atoms. The fourth-order valence-electron chi connectivity index (χ4n) is 3.36. The maximum atomic E-state index is 13.0. The van der Waals surface area contributed by atoms with Crippen LogP contribution in [0.15, 0.2) is 76.8 Å². The summed E-state index contributed by atoms with van der Waals surface area (Å²) in [5, 5.41) is 9.38. The first-order valence-corrected chi connectivity index (χ1v) is 11.0. The number of benzene rings is 1. The highest BCUT2D eigenvalue weighted by atomic mass is 32.2. The number of furan rings is 1. The molecule has 0 bridgehead atoms. The molecule has 4 rings (SSSR count). The van der Waals surface area contributed by atoms with Gasteiger partial charge in [-0.2, -0.15) is 0 Å². The number of pyridine rings is 1. The molecule has 158 valence electrons. The molecule has 0 fully saturated rings. The number of carbonyl (C=O) groups is 1. The Balaban J connectivity index is 1.57. The predicted molar refractivity (Wildman–Crippen MR) is 121 cm³/mol. The number of para-hydroxylation sites is 1. The summed E-state index contributed by atoms with van der Waals surface area (Å²) in [5.41, 5.74) is 2.86. The lowest BCUT2D eigenvalue weighted by atomic mass is 10.2. The van der Waals surface area contributed by atoms with Crippen LogP contribution in [0.1, 0.15) is 18.2 Å². The number of hydrogen-bond acceptors (Lipinski definition) is 6. The third-order valence-corrected chi connectivity index (χ3v) is 5.83. The maximum absolute atomic E-state index is 13.0. The molecule has 0 saturated carbocycles. The SMILES string of the molecule is CCN(C(=O)CSc1nnc(-c2cccnc2)n1Cc1ccco1)c1ccccc1C. The van der Waals surface area contributed by atoms with Gasteiger partial charge in [0.05, 0.1) is 18.6 Å². The Morgan fingerprint density at radius 2 is 2.00 bits per heavy atom. The van der Waals surface area contributed by atoms with Crippen LogP contribution in [0.4, 0.5) is 5.69 Å². The summed E-state index contributed by atoms with van der Waals surface area (Å²) in [6.45, 7) is 5.06. The molecule has 1 amide bonds. The Morgan fingerprint density at radius 3 is 2.71 bits per heavy atom. The summed E-state index contributed by atoms with van der Waals surface area (Å²) >= 11 is 1.37. The van der Waals surface area contributed by atoms with E-state index >= 15 is 0 Å². The third kappa shape index (κ3) is 4.69. The smallest absolute Gasteiger partial charge is 0.237 e. The van der Waals surface area contributed by atoms with E-state index in [4.69, 9.17) is 4.42 Å². The van der Waals surface area contributed by atoms with Gasteiger partial charge in [0, 0.05) is 30.2 Å². The highest BCUT2D eigenvalue weighted by molar-refractivity contribution is 7.99. The number of anilines is 1. The zero-order chi connectivity index (χ0) is 21.6. The van der Waals surface area contributed by atoms with E-state index in [1.54, 1.807) is 23.6 Å². The van der Waals surface area contributed by atoms with Gasteiger partial charge >= 0.3 is 0 Å². The van der Waals surface area contributed by atoms with E-state index in [1.165, 1.54) is 11.8 Å². The van der Waals surface area contributed by atoms with Crippen LogP contribution < -0.4 is 4.90 Å². The molecule has 3 heterocycles. The van der Waals surface area contributed by atoms with Crippen LogP contribution in [-0.2, 0) is 11.3 Å². The van der Waals surface area contributed by atoms with Gasteiger partial charge in [0.25, 0.3) is 0 Å². The molecule has 0 spiro atoms. The second-order valence-corrected chi connectivity index (χ2v) is 7.87. The molecule has 0 saturated heterocycles. The van der Waals surface area contributed by atoms with Gasteiger partial charge in [0.15, 0.2) is 11.0 Å².